The van der Waals surface area contributed by atoms with Gasteiger partial charge in [-0.1, -0.05) is 6.08 Å². The van der Waals surface area contributed by atoms with Crippen LogP contribution in [0, 0.1) is 0 Å². The molecule has 2 unspecified atom stereocenters. The second-order valence-corrected chi connectivity index (χ2v) is 7.98. The molecule has 24 heavy (non-hydrogen) atoms. The molecule has 1 aromatic carbocycles. The summed E-state index contributed by atoms with van der Waals surface area (Å²) in [5, 5.41) is 0. The molecule has 0 saturated heterocycles. The van der Waals surface area contributed by atoms with Gasteiger partial charge in [-0.2, -0.15) is 0 Å². The van der Waals surface area contributed by atoms with Crippen molar-refractivity contribution in [3.05, 3.63) is 32.2 Å². The van der Waals surface area contributed by atoms with Crippen LogP contribution in [0.1, 0.15) is 24.0 Å². The molecule has 5 nitrogen and oxygen atoms in total. The third-order valence-corrected chi connectivity index (χ3v) is 6.71. The number of nitrogens with zero attached hydrogens (tertiary/aromatic N) is 1. The molecule has 3 aliphatic rings. The van der Waals surface area contributed by atoms with Gasteiger partial charge in [-0.15, -0.1) is 0 Å². The summed E-state index contributed by atoms with van der Waals surface area (Å²) in [6, 6.07) is 1.87. The van der Waals surface area contributed by atoms with Crippen LogP contribution in [-0.2, 0) is 21.5 Å². The van der Waals surface area contributed by atoms with Gasteiger partial charge in [0, 0.05) is 31.1 Å². The number of ketones is 1. The third kappa shape index (κ3) is 2.10. The quantitative estimate of drug-likeness (QED) is 0.641. The molecule has 1 spiro atoms. The number of Topliss-reactive ketones (excluding diaryl/α,β-unsaturated/α-hetero) is 1. The summed E-state index contributed by atoms with van der Waals surface area (Å²) in [6.45, 7) is 1.10. The van der Waals surface area contributed by atoms with Gasteiger partial charge in [0.1, 0.15) is 17.6 Å². The Balaban J connectivity index is 2.01. The molecule has 0 saturated carbocycles. The maximum atomic E-state index is 12.1. The predicted octanol–water partition coefficient (Wildman–Crippen LogP) is 3.07. The molecule has 1 amide bonds. The molecule has 0 fully saturated rings. The van der Waals surface area contributed by atoms with E-state index in [-0.39, 0.29) is 11.9 Å². The molecule has 1 aliphatic carbocycles. The number of hydrogen-bond acceptors (Lipinski definition) is 4. The number of carbonyl (C=O) groups excluding carboxylic acids is 2. The molecule has 4 rings (SSSR count). The lowest BCUT2D eigenvalue weighted by atomic mass is 9.69. The van der Waals surface area contributed by atoms with Gasteiger partial charge in [0.2, 0.25) is 6.41 Å². The fourth-order valence-corrected chi connectivity index (χ4v) is 5.17. The molecule has 0 radical (unpaired) electrons. The number of allylic oxidation sites excluding steroid dienone is 1. The SMILES string of the molecule is COc1cc2c3c(c1Br)CN(C=O)CCC31C=C(Br)C(=O)CC1O2. The van der Waals surface area contributed by atoms with Gasteiger partial charge in [0.25, 0.3) is 0 Å². The lowest BCUT2D eigenvalue weighted by Gasteiger charge is -2.34. The molecule has 126 valence electrons. The first kappa shape index (κ1) is 16.1. The van der Waals surface area contributed by atoms with Crippen molar-refractivity contribution in [2.75, 3.05) is 13.7 Å². The van der Waals surface area contributed by atoms with E-state index < -0.39 is 5.41 Å². The lowest BCUT2D eigenvalue weighted by Crippen LogP contribution is -2.42. The summed E-state index contributed by atoms with van der Waals surface area (Å²) in [5.74, 6) is 1.45. The van der Waals surface area contributed by atoms with Gasteiger partial charge in [0.15, 0.2) is 5.78 Å². The van der Waals surface area contributed by atoms with Crippen molar-refractivity contribution < 1.29 is 19.1 Å². The molecule has 2 atom stereocenters. The van der Waals surface area contributed by atoms with Crippen LogP contribution in [0.25, 0.3) is 0 Å². The monoisotopic (exact) mass is 455 g/mol. The number of ether oxygens (including phenoxy) is 2. The molecule has 1 aromatic rings. The highest BCUT2D eigenvalue weighted by atomic mass is 79.9. The van der Waals surface area contributed by atoms with E-state index in [2.05, 4.69) is 31.9 Å². The first-order valence-corrected chi connectivity index (χ1v) is 9.26. The zero-order valence-corrected chi connectivity index (χ0v) is 16.1. The highest BCUT2D eigenvalue weighted by Gasteiger charge is 2.53. The van der Waals surface area contributed by atoms with Gasteiger partial charge in [0.05, 0.1) is 21.5 Å². The predicted molar refractivity (Wildman–Crippen MR) is 94.5 cm³/mol. The Labute approximate surface area is 156 Å². The van der Waals surface area contributed by atoms with E-state index in [1.807, 2.05) is 12.1 Å². The van der Waals surface area contributed by atoms with Crippen LogP contribution >= 0.6 is 31.9 Å². The number of methoxy groups -OCH3 is 1. The number of rotatable bonds is 2. The zero-order chi connectivity index (χ0) is 17.1. The molecular formula is C17H15Br2NO4. The Bertz CT molecular complexity index is 791. The van der Waals surface area contributed by atoms with Crippen molar-refractivity contribution in [2.45, 2.75) is 30.9 Å². The largest absolute Gasteiger partial charge is 0.495 e. The van der Waals surface area contributed by atoms with Gasteiger partial charge in [-0.3, -0.25) is 9.59 Å². The van der Waals surface area contributed by atoms with Crippen LogP contribution in [0.2, 0.25) is 0 Å². The van der Waals surface area contributed by atoms with Gasteiger partial charge in [-0.05, 0) is 43.8 Å². The normalized spacial score (nSPS) is 27.6. The smallest absolute Gasteiger partial charge is 0.210 e. The van der Waals surface area contributed by atoms with Crippen molar-refractivity contribution in [3.63, 3.8) is 0 Å². The summed E-state index contributed by atoms with van der Waals surface area (Å²) >= 11 is 7.03. The molecule has 2 heterocycles. The summed E-state index contributed by atoms with van der Waals surface area (Å²) in [4.78, 5) is 25.3. The standard InChI is InChI=1S/C17H15Br2NO4/c1-23-13-5-12-15-9(16(13)19)7-20(8-21)3-2-17(15)6-10(18)11(22)4-14(17)24-12/h5-6,8,14H,2-4,7H2,1H3. The Kier molecular flexibility index (Phi) is 3.76. The Morgan fingerprint density at radius 1 is 1.46 bits per heavy atom. The van der Waals surface area contributed by atoms with Crippen molar-refractivity contribution in [1.82, 2.24) is 4.90 Å². The fourth-order valence-electron chi connectivity index (χ4n) is 4.00. The average molecular weight is 457 g/mol. The van der Waals surface area contributed by atoms with E-state index in [4.69, 9.17) is 9.47 Å². The Hall–Kier alpha value is -1.34. The first-order chi connectivity index (χ1) is 11.5. The topological polar surface area (TPSA) is 55.8 Å². The van der Waals surface area contributed by atoms with E-state index >= 15 is 0 Å². The lowest BCUT2D eigenvalue weighted by molar-refractivity contribution is -0.119. The summed E-state index contributed by atoms with van der Waals surface area (Å²) in [5.41, 5.74) is 1.65. The van der Waals surface area contributed by atoms with E-state index in [1.165, 1.54) is 0 Å². The van der Waals surface area contributed by atoms with Crippen molar-refractivity contribution >= 4 is 44.1 Å². The first-order valence-electron chi connectivity index (χ1n) is 7.67. The van der Waals surface area contributed by atoms with Crippen LogP contribution in [-0.4, -0.2) is 36.9 Å². The molecule has 2 aliphatic heterocycles. The van der Waals surface area contributed by atoms with Crippen molar-refractivity contribution in [2.24, 2.45) is 0 Å². The minimum absolute atomic E-state index is 0.0440. The number of amides is 1. The van der Waals surface area contributed by atoms with Crippen molar-refractivity contribution in [3.8, 4) is 11.5 Å². The third-order valence-electron chi connectivity index (χ3n) is 5.17. The number of hydrogen-bond donors (Lipinski definition) is 0. The molecular weight excluding hydrogens is 442 g/mol. The molecule has 0 N–H and O–H groups in total. The summed E-state index contributed by atoms with van der Waals surface area (Å²) < 4.78 is 13.0. The highest BCUT2D eigenvalue weighted by Crippen LogP contribution is 2.56. The average Bonchev–Trinajstić information content (AvgIpc) is 2.76. The van der Waals surface area contributed by atoms with E-state index in [0.717, 1.165) is 34.2 Å². The number of halogens is 2. The fraction of sp³-hybridized carbons (Fsp3) is 0.412. The van der Waals surface area contributed by atoms with Crippen LogP contribution in [0.3, 0.4) is 0 Å². The van der Waals surface area contributed by atoms with E-state index in [9.17, 15) is 9.59 Å². The van der Waals surface area contributed by atoms with Gasteiger partial charge < -0.3 is 14.4 Å². The minimum atomic E-state index is -0.399. The maximum absolute atomic E-state index is 12.1. The van der Waals surface area contributed by atoms with Crippen LogP contribution in [0.15, 0.2) is 21.1 Å². The second-order valence-electron chi connectivity index (χ2n) is 6.34. The zero-order valence-electron chi connectivity index (χ0n) is 13.0. The summed E-state index contributed by atoms with van der Waals surface area (Å²) in [7, 11) is 1.60. The van der Waals surface area contributed by atoms with E-state index in [0.29, 0.717) is 29.7 Å². The molecule has 7 heteroatoms. The van der Waals surface area contributed by atoms with Crippen LogP contribution in [0.4, 0.5) is 0 Å². The maximum Gasteiger partial charge on any atom is 0.210 e. The van der Waals surface area contributed by atoms with Crippen LogP contribution < -0.4 is 9.47 Å². The van der Waals surface area contributed by atoms with Gasteiger partial charge >= 0.3 is 0 Å². The molecule has 0 aromatic heterocycles. The van der Waals surface area contributed by atoms with Gasteiger partial charge in [-0.25, -0.2) is 0 Å². The molecule has 0 bridgehead atoms. The summed E-state index contributed by atoms with van der Waals surface area (Å²) in [6.07, 6.45) is 3.65. The van der Waals surface area contributed by atoms with Crippen molar-refractivity contribution in [1.29, 1.82) is 0 Å². The highest BCUT2D eigenvalue weighted by molar-refractivity contribution is 9.12. The second kappa shape index (κ2) is 5.59. The Morgan fingerprint density at radius 3 is 2.96 bits per heavy atom. The minimum Gasteiger partial charge on any atom is -0.495 e. The van der Waals surface area contributed by atoms with E-state index in [1.54, 1.807) is 12.0 Å². The van der Waals surface area contributed by atoms with Crippen LogP contribution in [0.5, 0.6) is 11.5 Å². The number of carbonyl (C=O) groups is 2. The number of benzene rings is 1. The Morgan fingerprint density at radius 2 is 2.25 bits per heavy atom.